The fraction of sp³-hybridized carbons (Fsp3) is 0.632. The zero-order valence-corrected chi connectivity index (χ0v) is 19.7. The van der Waals surface area contributed by atoms with Crippen LogP contribution in [0, 0.1) is 0 Å². The number of nitrogens with zero attached hydrogens (tertiary/aromatic N) is 1. The number of aliphatic imine (C=N–C) groups is 1. The Morgan fingerprint density at radius 1 is 1.18 bits per heavy atom. The van der Waals surface area contributed by atoms with E-state index in [2.05, 4.69) is 32.5 Å². The van der Waals surface area contributed by atoms with E-state index in [0.29, 0.717) is 19.0 Å². The molecular formula is C19H33IN4O3S. The summed E-state index contributed by atoms with van der Waals surface area (Å²) in [7, 11) is -1.64. The van der Waals surface area contributed by atoms with Crippen molar-refractivity contribution in [1.29, 1.82) is 0 Å². The van der Waals surface area contributed by atoms with Crippen LogP contribution in [-0.2, 0) is 21.2 Å². The van der Waals surface area contributed by atoms with Crippen LogP contribution in [-0.4, -0.2) is 59.5 Å². The molecule has 1 aromatic carbocycles. The number of aryl methyl sites for hydroxylation is 1. The van der Waals surface area contributed by atoms with Crippen LogP contribution in [0.15, 0.2) is 35.3 Å². The van der Waals surface area contributed by atoms with Crippen molar-refractivity contribution in [3.8, 4) is 0 Å². The molecule has 1 fully saturated rings. The first-order chi connectivity index (χ1) is 13.1. The molecule has 1 atom stereocenters. The quantitative estimate of drug-likeness (QED) is 0.188. The molecule has 1 heterocycles. The molecule has 0 aromatic heterocycles. The Hall–Kier alpha value is -0.910. The van der Waals surface area contributed by atoms with Gasteiger partial charge < -0.3 is 15.4 Å². The van der Waals surface area contributed by atoms with E-state index in [4.69, 9.17) is 4.74 Å². The first-order valence-corrected chi connectivity index (χ1v) is 11.3. The van der Waals surface area contributed by atoms with Gasteiger partial charge in [0.25, 0.3) is 0 Å². The molecule has 1 aromatic rings. The van der Waals surface area contributed by atoms with Crippen molar-refractivity contribution >= 4 is 40.0 Å². The van der Waals surface area contributed by atoms with Crippen LogP contribution >= 0.6 is 24.0 Å². The number of hydrogen-bond donors (Lipinski definition) is 3. The van der Waals surface area contributed by atoms with Gasteiger partial charge in [-0.1, -0.05) is 30.3 Å². The minimum atomic E-state index is -3.32. The number of hydrogen-bond acceptors (Lipinski definition) is 4. The number of sulfonamides is 1. The smallest absolute Gasteiger partial charge is 0.213 e. The average Bonchev–Trinajstić information content (AvgIpc) is 2.70. The number of nitrogens with one attached hydrogen (secondary N) is 3. The van der Waals surface area contributed by atoms with Crippen LogP contribution in [0.3, 0.4) is 0 Å². The second-order valence-electron chi connectivity index (χ2n) is 6.67. The van der Waals surface area contributed by atoms with Crippen molar-refractivity contribution in [1.82, 2.24) is 15.4 Å². The zero-order valence-electron chi connectivity index (χ0n) is 16.5. The Bertz CT molecular complexity index is 665. The molecule has 1 aliphatic rings. The lowest BCUT2D eigenvalue weighted by atomic mass is 10.1. The van der Waals surface area contributed by atoms with Crippen LogP contribution in [0.4, 0.5) is 0 Å². The molecule has 3 N–H and O–H groups in total. The molecule has 28 heavy (non-hydrogen) atoms. The minimum absolute atomic E-state index is 0. The standard InChI is InChI=1S/C19H32N4O3S.HI/c1-20-19(21-12-7-10-17-8-3-2-4-9-17)22-13-15-27(24,25)23-16-18-11-5-6-14-26-18;/h2-4,8-9,18,23H,5-7,10-16H2,1H3,(H2,20,21,22);1H. The van der Waals surface area contributed by atoms with E-state index in [1.807, 2.05) is 18.2 Å². The van der Waals surface area contributed by atoms with E-state index in [9.17, 15) is 8.42 Å². The van der Waals surface area contributed by atoms with Crippen LogP contribution in [0.2, 0.25) is 0 Å². The van der Waals surface area contributed by atoms with Crippen molar-refractivity contribution in [2.24, 2.45) is 4.99 Å². The SMILES string of the molecule is CN=C(NCCCc1ccccc1)NCCS(=O)(=O)NCC1CCCCO1.I. The van der Waals surface area contributed by atoms with Gasteiger partial charge in [-0.3, -0.25) is 4.99 Å². The third-order valence-electron chi connectivity index (χ3n) is 4.47. The first kappa shape index (κ1) is 25.1. The maximum Gasteiger partial charge on any atom is 0.213 e. The van der Waals surface area contributed by atoms with Crippen molar-refractivity contribution in [2.75, 3.05) is 39.0 Å². The summed E-state index contributed by atoms with van der Waals surface area (Å²) in [6.45, 7) is 2.16. The second kappa shape index (κ2) is 14.1. The van der Waals surface area contributed by atoms with Gasteiger partial charge in [-0.15, -0.1) is 24.0 Å². The summed E-state index contributed by atoms with van der Waals surface area (Å²) < 4.78 is 32.4. The van der Waals surface area contributed by atoms with Gasteiger partial charge in [0.05, 0.1) is 11.9 Å². The normalized spacial score (nSPS) is 17.6. The molecule has 7 nitrogen and oxygen atoms in total. The molecule has 0 bridgehead atoms. The third-order valence-corrected chi connectivity index (χ3v) is 5.82. The molecule has 160 valence electrons. The van der Waals surface area contributed by atoms with Gasteiger partial charge in [0.2, 0.25) is 10.0 Å². The largest absolute Gasteiger partial charge is 0.377 e. The summed E-state index contributed by atoms with van der Waals surface area (Å²) in [6.07, 6.45) is 5.05. The van der Waals surface area contributed by atoms with Crippen molar-refractivity contribution in [2.45, 2.75) is 38.2 Å². The summed E-state index contributed by atoms with van der Waals surface area (Å²) in [6, 6.07) is 10.3. The summed E-state index contributed by atoms with van der Waals surface area (Å²) in [5.74, 6) is 0.624. The van der Waals surface area contributed by atoms with Crippen molar-refractivity contribution in [3.05, 3.63) is 35.9 Å². The molecule has 0 aliphatic carbocycles. The van der Waals surface area contributed by atoms with E-state index in [1.54, 1.807) is 7.05 Å². The van der Waals surface area contributed by atoms with Crippen LogP contribution < -0.4 is 15.4 Å². The molecule has 1 aliphatic heterocycles. The Morgan fingerprint density at radius 3 is 2.61 bits per heavy atom. The van der Waals surface area contributed by atoms with Gasteiger partial charge in [-0.05, 0) is 37.7 Å². The Balaban J connectivity index is 0.00000392. The number of benzene rings is 1. The number of guanidine groups is 1. The predicted molar refractivity (Wildman–Crippen MR) is 125 cm³/mol. The lowest BCUT2D eigenvalue weighted by Gasteiger charge is -2.22. The summed E-state index contributed by atoms with van der Waals surface area (Å²) in [5.41, 5.74) is 1.31. The lowest BCUT2D eigenvalue weighted by Crippen LogP contribution is -2.42. The topological polar surface area (TPSA) is 91.8 Å². The highest BCUT2D eigenvalue weighted by Gasteiger charge is 2.17. The summed E-state index contributed by atoms with van der Waals surface area (Å²) >= 11 is 0. The number of ether oxygens (including phenoxy) is 1. The van der Waals surface area contributed by atoms with E-state index in [1.165, 1.54) is 5.56 Å². The summed E-state index contributed by atoms with van der Waals surface area (Å²) in [5, 5.41) is 6.26. The van der Waals surface area contributed by atoms with Gasteiger partial charge in [-0.2, -0.15) is 0 Å². The van der Waals surface area contributed by atoms with Crippen molar-refractivity contribution in [3.63, 3.8) is 0 Å². The average molecular weight is 524 g/mol. The minimum Gasteiger partial charge on any atom is -0.377 e. The molecule has 0 amide bonds. The Morgan fingerprint density at radius 2 is 1.93 bits per heavy atom. The maximum absolute atomic E-state index is 12.1. The van der Waals surface area contributed by atoms with Gasteiger partial charge >= 0.3 is 0 Å². The molecule has 2 rings (SSSR count). The molecule has 9 heteroatoms. The number of halogens is 1. The maximum atomic E-state index is 12.1. The molecule has 0 spiro atoms. The predicted octanol–water partition coefficient (Wildman–Crippen LogP) is 1.89. The highest BCUT2D eigenvalue weighted by molar-refractivity contribution is 14.0. The third kappa shape index (κ3) is 10.6. The molecule has 1 unspecified atom stereocenters. The van der Waals surface area contributed by atoms with Gasteiger partial charge in [0.1, 0.15) is 0 Å². The van der Waals surface area contributed by atoms with E-state index < -0.39 is 10.0 Å². The molecule has 0 radical (unpaired) electrons. The zero-order chi connectivity index (χ0) is 19.4. The molecule has 0 saturated carbocycles. The van der Waals surface area contributed by atoms with Crippen LogP contribution in [0.5, 0.6) is 0 Å². The van der Waals surface area contributed by atoms with Gasteiger partial charge in [-0.25, -0.2) is 13.1 Å². The van der Waals surface area contributed by atoms with Gasteiger partial charge in [0.15, 0.2) is 5.96 Å². The fourth-order valence-electron chi connectivity index (χ4n) is 2.93. The van der Waals surface area contributed by atoms with Crippen LogP contribution in [0.1, 0.15) is 31.2 Å². The fourth-order valence-corrected chi connectivity index (χ4v) is 3.88. The van der Waals surface area contributed by atoms with E-state index >= 15 is 0 Å². The number of rotatable bonds is 10. The van der Waals surface area contributed by atoms with E-state index in [-0.39, 0.29) is 35.8 Å². The molecular weight excluding hydrogens is 491 g/mol. The van der Waals surface area contributed by atoms with Crippen LogP contribution in [0.25, 0.3) is 0 Å². The van der Waals surface area contributed by atoms with E-state index in [0.717, 1.165) is 45.3 Å². The van der Waals surface area contributed by atoms with Crippen molar-refractivity contribution < 1.29 is 13.2 Å². The van der Waals surface area contributed by atoms with Gasteiger partial charge in [0, 0.05) is 33.3 Å². The highest BCUT2D eigenvalue weighted by atomic mass is 127. The second-order valence-corrected chi connectivity index (χ2v) is 8.60. The first-order valence-electron chi connectivity index (χ1n) is 9.66. The highest BCUT2D eigenvalue weighted by Crippen LogP contribution is 2.11. The lowest BCUT2D eigenvalue weighted by molar-refractivity contribution is 0.0200. The monoisotopic (exact) mass is 524 g/mol. The summed E-state index contributed by atoms with van der Waals surface area (Å²) in [4.78, 5) is 4.13. The Labute approximate surface area is 186 Å². The molecule has 1 saturated heterocycles. The Kier molecular flexibility index (Phi) is 12.7.